The van der Waals surface area contributed by atoms with Gasteiger partial charge in [0.05, 0.1) is 11.8 Å². The van der Waals surface area contributed by atoms with Crippen LogP contribution in [0.2, 0.25) is 0 Å². The van der Waals surface area contributed by atoms with Gasteiger partial charge in [0.25, 0.3) is 0 Å². The lowest BCUT2D eigenvalue weighted by atomic mass is 10.1. The van der Waals surface area contributed by atoms with Gasteiger partial charge in [-0.05, 0) is 44.6 Å². The normalized spacial score (nSPS) is 28.7. The lowest BCUT2D eigenvalue weighted by molar-refractivity contribution is 0.0808. The molecule has 2 fully saturated rings. The Morgan fingerprint density at radius 2 is 2.32 bits per heavy atom. The van der Waals surface area contributed by atoms with Crippen LogP contribution in [0.15, 0.2) is 12.3 Å². The van der Waals surface area contributed by atoms with Gasteiger partial charge in [-0.3, -0.25) is 4.68 Å². The van der Waals surface area contributed by atoms with Crippen molar-refractivity contribution in [3.8, 4) is 0 Å². The summed E-state index contributed by atoms with van der Waals surface area (Å²) in [5, 5.41) is 8.28. The fraction of sp³-hybridized carbons (Fsp3) is 0.800. The van der Waals surface area contributed by atoms with E-state index in [-0.39, 0.29) is 0 Å². The van der Waals surface area contributed by atoms with Crippen molar-refractivity contribution in [2.45, 2.75) is 64.3 Å². The second kappa shape index (κ2) is 5.63. The smallest absolute Gasteiger partial charge is 0.0762 e. The first-order valence-electron chi connectivity index (χ1n) is 7.67. The standard InChI is InChI=1S/C15H25N3O/c1-3-11(2)18-8-6-13(17-18)10-16-14-7-9-19-15(14)12-4-5-12/h6,8,11-12,14-16H,3-5,7,9-10H2,1-2H3. The van der Waals surface area contributed by atoms with E-state index in [9.17, 15) is 0 Å². The van der Waals surface area contributed by atoms with Crippen molar-refractivity contribution in [1.29, 1.82) is 0 Å². The number of nitrogens with zero attached hydrogens (tertiary/aromatic N) is 2. The van der Waals surface area contributed by atoms with Gasteiger partial charge in [0.2, 0.25) is 0 Å². The fourth-order valence-corrected chi connectivity index (χ4v) is 2.86. The van der Waals surface area contributed by atoms with E-state index in [1.807, 2.05) is 0 Å². The molecule has 1 aliphatic heterocycles. The van der Waals surface area contributed by atoms with Crippen molar-refractivity contribution in [2.24, 2.45) is 5.92 Å². The zero-order chi connectivity index (χ0) is 13.2. The summed E-state index contributed by atoms with van der Waals surface area (Å²) in [7, 11) is 0. The van der Waals surface area contributed by atoms with Crippen LogP contribution in [-0.4, -0.2) is 28.5 Å². The van der Waals surface area contributed by atoms with Gasteiger partial charge < -0.3 is 10.1 Å². The van der Waals surface area contributed by atoms with Gasteiger partial charge in [0.1, 0.15) is 0 Å². The number of hydrogen-bond donors (Lipinski definition) is 1. The molecule has 1 aromatic heterocycles. The summed E-state index contributed by atoms with van der Waals surface area (Å²) in [5.74, 6) is 0.817. The minimum atomic E-state index is 0.455. The second-order valence-corrected chi connectivity index (χ2v) is 5.99. The average molecular weight is 263 g/mol. The van der Waals surface area contributed by atoms with Crippen LogP contribution in [0.5, 0.6) is 0 Å². The molecule has 2 heterocycles. The third-order valence-electron chi connectivity index (χ3n) is 4.47. The van der Waals surface area contributed by atoms with Crippen LogP contribution in [0.4, 0.5) is 0 Å². The number of rotatable bonds is 6. The number of nitrogens with one attached hydrogen (secondary N) is 1. The first-order chi connectivity index (χ1) is 9.28. The van der Waals surface area contributed by atoms with E-state index in [0.717, 1.165) is 37.6 Å². The Morgan fingerprint density at radius 3 is 3.05 bits per heavy atom. The third kappa shape index (κ3) is 3.00. The number of aromatic nitrogens is 2. The molecule has 2 aliphatic rings. The molecule has 3 unspecified atom stereocenters. The lowest BCUT2D eigenvalue weighted by Crippen LogP contribution is -2.37. The zero-order valence-electron chi connectivity index (χ0n) is 12.0. The summed E-state index contributed by atoms with van der Waals surface area (Å²) in [6, 6.07) is 3.14. The molecule has 1 saturated heterocycles. The van der Waals surface area contributed by atoms with Crippen LogP contribution < -0.4 is 5.32 Å². The Bertz CT molecular complexity index is 413. The average Bonchev–Trinajstić information content (AvgIpc) is 2.99. The van der Waals surface area contributed by atoms with Gasteiger partial charge in [0.15, 0.2) is 0 Å². The second-order valence-electron chi connectivity index (χ2n) is 5.99. The quantitative estimate of drug-likeness (QED) is 0.857. The topological polar surface area (TPSA) is 39.1 Å². The first-order valence-corrected chi connectivity index (χ1v) is 7.67. The molecule has 1 N–H and O–H groups in total. The van der Waals surface area contributed by atoms with E-state index in [2.05, 4.69) is 41.2 Å². The van der Waals surface area contributed by atoms with E-state index in [1.165, 1.54) is 12.8 Å². The first kappa shape index (κ1) is 13.1. The SMILES string of the molecule is CCC(C)n1ccc(CNC2CCOC2C2CC2)n1. The Kier molecular flexibility index (Phi) is 3.89. The minimum Gasteiger partial charge on any atom is -0.376 e. The van der Waals surface area contributed by atoms with E-state index in [0.29, 0.717) is 18.2 Å². The van der Waals surface area contributed by atoms with Gasteiger partial charge >= 0.3 is 0 Å². The Morgan fingerprint density at radius 1 is 1.47 bits per heavy atom. The maximum atomic E-state index is 5.85. The van der Waals surface area contributed by atoms with Gasteiger partial charge in [-0.15, -0.1) is 0 Å². The number of ether oxygens (including phenoxy) is 1. The molecule has 1 saturated carbocycles. The molecular formula is C15H25N3O. The summed E-state index contributed by atoms with van der Waals surface area (Å²) in [6.07, 6.45) is 7.52. The van der Waals surface area contributed by atoms with Crippen molar-refractivity contribution in [3.63, 3.8) is 0 Å². The molecule has 4 heteroatoms. The molecule has 0 amide bonds. The highest BCUT2D eigenvalue weighted by Gasteiger charge is 2.40. The summed E-state index contributed by atoms with van der Waals surface area (Å²) >= 11 is 0. The van der Waals surface area contributed by atoms with Crippen LogP contribution in [0, 0.1) is 5.92 Å². The monoisotopic (exact) mass is 263 g/mol. The van der Waals surface area contributed by atoms with Crippen LogP contribution in [0.25, 0.3) is 0 Å². The maximum Gasteiger partial charge on any atom is 0.0762 e. The number of hydrogen-bond acceptors (Lipinski definition) is 3. The Hall–Kier alpha value is -0.870. The Labute approximate surface area is 115 Å². The Balaban J connectivity index is 1.52. The van der Waals surface area contributed by atoms with Crippen molar-refractivity contribution in [1.82, 2.24) is 15.1 Å². The van der Waals surface area contributed by atoms with Crippen molar-refractivity contribution >= 4 is 0 Å². The minimum absolute atomic E-state index is 0.455. The summed E-state index contributed by atoms with van der Waals surface area (Å²) in [4.78, 5) is 0. The predicted octanol–water partition coefficient (Wildman–Crippen LogP) is 2.51. The predicted molar refractivity (Wildman–Crippen MR) is 74.9 cm³/mol. The van der Waals surface area contributed by atoms with Crippen molar-refractivity contribution < 1.29 is 4.74 Å². The fourth-order valence-electron chi connectivity index (χ4n) is 2.86. The summed E-state index contributed by atoms with van der Waals surface area (Å²) in [5.41, 5.74) is 1.14. The molecule has 0 bridgehead atoms. The summed E-state index contributed by atoms with van der Waals surface area (Å²) in [6.45, 7) is 6.18. The molecule has 0 aromatic carbocycles. The highest BCUT2D eigenvalue weighted by atomic mass is 16.5. The van der Waals surface area contributed by atoms with E-state index in [1.54, 1.807) is 0 Å². The van der Waals surface area contributed by atoms with Crippen LogP contribution >= 0.6 is 0 Å². The van der Waals surface area contributed by atoms with E-state index >= 15 is 0 Å². The van der Waals surface area contributed by atoms with Crippen molar-refractivity contribution in [2.75, 3.05) is 6.61 Å². The van der Waals surface area contributed by atoms with Crippen molar-refractivity contribution in [3.05, 3.63) is 18.0 Å². The molecule has 3 rings (SSSR count). The van der Waals surface area contributed by atoms with Crippen LogP contribution in [-0.2, 0) is 11.3 Å². The molecular weight excluding hydrogens is 238 g/mol. The van der Waals surface area contributed by atoms with Crippen LogP contribution in [0.1, 0.15) is 51.3 Å². The third-order valence-corrected chi connectivity index (χ3v) is 4.47. The highest BCUT2D eigenvalue weighted by molar-refractivity contribution is 5.01. The van der Waals surface area contributed by atoms with Gasteiger partial charge in [-0.25, -0.2) is 0 Å². The van der Waals surface area contributed by atoms with Gasteiger partial charge in [-0.2, -0.15) is 5.10 Å². The maximum absolute atomic E-state index is 5.85. The zero-order valence-corrected chi connectivity index (χ0v) is 12.0. The van der Waals surface area contributed by atoms with Crippen LogP contribution in [0.3, 0.4) is 0 Å². The molecule has 0 spiro atoms. The van der Waals surface area contributed by atoms with E-state index < -0.39 is 0 Å². The largest absolute Gasteiger partial charge is 0.376 e. The highest BCUT2D eigenvalue weighted by Crippen LogP contribution is 2.38. The van der Waals surface area contributed by atoms with E-state index in [4.69, 9.17) is 4.74 Å². The molecule has 1 aromatic rings. The molecule has 19 heavy (non-hydrogen) atoms. The van der Waals surface area contributed by atoms with Gasteiger partial charge in [-0.1, -0.05) is 6.92 Å². The molecule has 1 aliphatic carbocycles. The molecule has 4 nitrogen and oxygen atoms in total. The molecule has 3 atom stereocenters. The molecule has 0 radical (unpaired) electrons. The van der Waals surface area contributed by atoms with Gasteiger partial charge in [0, 0.05) is 31.4 Å². The lowest BCUT2D eigenvalue weighted by Gasteiger charge is -2.18. The molecule has 106 valence electrons. The summed E-state index contributed by atoms with van der Waals surface area (Å²) < 4.78 is 7.92.